The van der Waals surface area contributed by atoms with Crippen LogP contribution in [0.3, 0.4) is 0 Å². The number of sulfonamides is 1. The fourth-order valence-corrected chi connectivity index (χ4v) is 8.17. The minimum absolute atomic E-state index is 0.138. The number of aliphatic hydroxyl groups excluding tert-OH is 2. The number of morpholine rings is 1. The number of ether oxygens (including phenoxy) is 1. The maximum absolute atomic E-state index is 14.0. The van der Waals surface area contributed by atoms with Crippen molar-refractivity contribution in [3.63, 3.8) is 0 Å². The fraction of sp³-hybridized carbons (Fsp3) is 0.730. The van der Waals surface area contributed by atoms with Gasteiger partial charge in [-0.2, -0.15) is 0 Å². The molecular weight excluding hydrogens is 644 g/mol. The Morgan fingerprint density at radius 3 is 2.37 bits per heavy atom. The molecule has 11 nitrogen and oxygen atoms in total. The second-order valence-electron chi connectivity index (χ2n) is 14.3. The summed E-state index contributed by atoms with van der Waals surface area (Å²) in [5.74, 6) is 0.514. The molecule has 1 saturated carbocycles. The number of likely N-dealkylation sites (N-methyl/N-ethyl adjacent to an activating group) is 1. The third kappa shape index (κ3) is 14.3. The van der Waals surface area contributed by atoms with Crippen LogP contribution in [-0.2, 0) is 30.8 Å². The summed E-state index contributed by atoms with van der Waals surface area (Å²) >= 11 is 0. The highest BCUT2D eigenvalue weighted by Gasteiger charge is 2.35. The molecule has 49 heavy (non-hydrogen) atoms. The van der Waals surface area contributed by atoms with Crippen LogP contribution in [0.1, 0.15) is 77.2 Å². The summed E-state index contributed by atoms with van der Waals surface area (Å²) in [6.07, 6.45) is 10.1. The Morgan fingerprint density at radius 2 is 1.73 bits per heavy atom. The van der Waals surface area contributed by atoms with Crippen LogP contribution >= 0.6 is 0 Å². The fourth-order valence-electron chi connectivity index (χ4n) is 6.78. The van der Waals surface area contributed by atoms with Crippen molar-refractivity contribution in [1.82, 2.24) is 19.8 Å². The number of terminal acetylenes is 1. The number of hydrogen-bond acceptors (Lipinski definition) is 8. The molecule has 2 amide bonds. The number of hydrogen-bond donors (Lipinski definition) is 4. The number of nitrogens with zero attached hydrogens (tertiary/aromatic N) is 2. The van der Waals surface area contributed by atoms with E-state index in [0.29, 0.717) is 38.5 Å². The average Bonchev–Trinajstić information content (AvgIpc) is 3.08. The molecule has 1 aliphatic carbocycles. The van der Waals surface area contributed by atoms with Gasteiger partial charge in [-0.25, -0.2) is 12.7 Å². The van der Waals surface area contributed by atoms with Crippen LogP contribution in [0.2, 0.25) is 0 Å². The van der Waals surface area contributed by atoms with Gasteiger partial charge in [0.15, 0.2) is 0 Å². The molecule has 1 heterocycles. The molecule has 0 spiro atoms. The molecule has 0 radical (unpaired) electrons. The molecule has 1 aliphatic heterocycles. The van der Waals surface area contributed by atoms with Crippen LogP contribution < -0.4 is 10.6 Å². The van der Waals surface area contributed by atoms with Crippen LogP contribution in [0.4, 0.5) is 0 Å². The van der Waals surface area contributed by atoms with Crippen molar-refractivity contribution in [3.05, 3.63) is 35.9 Å². The minimum atomic E-state index is -3.84. The van der Waals surface area contributed by atoms with Crippen molar-refractivity contribution in [2.75, 3.05) is 52.2 Å². The van der Waals surface area contributed by atoms with Crippen LogP contribution in [0, 0.1) is 30.1 Å². The zero-order valence-corrected chi connectivity index (χ0v) is 30.6. The first-order valence-corrected chi connectivity index (χ1v) is 19.7. The summed E-state index contributed by atoms with van der Waals surface area (Å²) < 4.78 is 33.9. The van der Waals surface area contributed by atoms with Gasteiger partial charge in [0.25, 0.3) is 0 Å². The van der Waals surface area contributed by atoms with Gasteiger partial charge in [0, 0.05) is 39.6 Å². The number of benzene rings is 1. The Hall–Kier alpha value is -2.53. The molecule has 3 rings (SSSR count). The van der Waals surface area contributed by atoms with Crippen LogP contribution in [0.25, 0.3) is 0 Å². The molecule has 2 aliphatic rings. The topological polar surface area (TPSA) is 149 Å². The predicted molar refractivity (Wildman–Crippen MR) is 192 cm³/mol. The summed E-state index contributed by atoms with van der Waals surface area (Å²) in [5.41, 5.74) is 0.799. The summed E-state index contributed by atoms with van der Waals surface area (Å²) in [4.78, 5) is 30.0. The van der Waals surface area contributed by atoms with E-state index in [0.717, 1.165) is 50.8 Å². The third-order valence-corrected chi connectivity index (χ3v) is 11.7. The molecule has 1 aromatic rings. The van der Waals surface area contributed by atoms with Crippen molar-refractivity contribution in [2.45, 2.75) is 102 Å². The quantitative estimate of drug-likeness (QED) is 0.152. The highest BCUT2D eigenvalue weighted by atomic mass is 32.2. The summed E-state index contributed by atoms with van der Waals surface area (Å²) in [6, 6.07) is 7.45. The highest BCUT2D eigenvalue weighted by Crippen LogP contribution is 2.29. The van der Waals surface area contributed by atoms with Gasteiger partial charge < -0.3 is 25.6 Å². The van der Waals surface area contributed by atoms with Gasteiger partial charge in [0.05, 0.1) is 37.0 Å². The lowest BCUT2D eigenvalue weighted by Crippen LogP contribution is -2.56. The van der Waals surface area contributed by atoms with E-state index in [1.165, 1.54) is 11.4 Å². The van der Waals surface area contributed by atoms with Crippen LogP contribution in [-0.4, -0.2) is 116 Å². The lowest BCUT2D eigenvalue weighted by Gasteiger charge is -2.34. The molecule has 0 bridgehead atoms. The van der Waals surface area contributed by atoms with Crippen molar-refractivity contribution >= 4 is 21.8 Å². The first-order chi connectivity index (χ1) is 23.4. The maximum Gasteiger partial charge on any atom is 0.242 e. The van der Waals surface area contributed by atoms with Gasteiger partial charge in [-0.15, -0.1) is 12.3 Å². The first-order valence-electron chi connectivity index (χ1n) is 18.1. The Kier molecular flexibility index (Phi) is 17.5. The highest BCUT2D eigenvalue weighted by molar-refractivity contribution is 7.89. The van der Waals surface area contributed by atoms with Gasteiger partial charge in [0.2, 0.25) is 21.8 Å². The normalized spacial score (nSPS) is 19.5. The van der Waals surface area contributed by atoms with Gasteiger partial charge in [-0.1, -0.05) is 76.3 Å². The van der Waals surface area contributed by atoms with E-state index in [1.807, 2.05) is 44.2 Å². The van der Waals surface area contributed by atoms with Gasteiger partial charge in [0.1, 0.15) is 12.1 Å². The number of aliphatic hydroxyl groups is 2. The number of nitrogens with one attached hydrogen (secondary N) is 2. The summed E-state index contributed by atoms with van der Waals surface area (Å²) in [6.45, 7) is 7.47. The van der Waals surface area contributed by atoms with Crippen molar-refractivity contribution in [2.24, 2.45) is 17.8 Å². The van der Waals surface area contributed by atoms with Gasteiger partial charge in [-0.3, -0.25) is 14.5 Å². The molecule has 2 fully saturated rings. The maximum atomic E-state index is 14.0. The van der Waals surface area contributed by atoms with Gasteiger partial charge in [-0.05, 0) is 43.1 Å². The zero-order chi connectivity index (χ0) is 35.8. The van der Waals surface area contributed by atoms with E-state index in [4.69, 9.17) is 11.2 Å². The Balaban J connectivity index is 1.78. The second-order valence-corrected chi connectivity index (χ2v) is 16.4. The van der Waals surface area contributed by atoms with E-state index >= 15 is 0 Å². The molecule has 0 aromatic heterocycles. The van der Waals surface area contributed by atoms with Crippen molar-refractivity contribution in [1.29, 1.82) is 0 Å². The first kappa shape index (κ1) is 40.9. The van der Waals surface area contributed by atoms with E-state index in [-0.39, 0.29) is 31.7 Å². The molecule has 12 heteroatoms. The van der Waals surface area contributed by atoms with Crippen molar-refractivity contribution < 1.29 is 33.0 Å². The number of carbonyl (C=O) groups is 2. The minimum Gasteiger partial charge on any atom is -0.390 e. The number of carbonyl (C=O) groups excluding carboxylic acids is 2. The summed E-state index contributed by atoms with van der Waals surface area (Å²) in [5, 5.41) is 27.9. The van der Waals surface area contributed by atoms with E-state index in [2.05, 4.69) is 21.5 Å². The molecule has 4 N–H and O–H groups in total. The lowest BCUT2D eigenvalue weighted by molar-refractivity contribution is -0.132. The standard InChI is InChI=1S/C37H60N4O7S/c1-5-6-17-32(37(45)39-33(26-30-15-11-8-12-16-30)35(43)34(42)24-28(2)3)38-36(44)31(25-29-13-9-7-10-14-29)27-49(46,47)40(4)18-19-41-20-22-48-23-21-41/h1,7,9-10,13-14,28,30-35,42-43H,6,8,11-12,15-27H2,2-4H3,(H,38,44)(H,39,45)/t31-,32?,33+,34+,35?/m1/s1. The SMILES string of the molecule is C#CCCC(NC(=O)[C@H](Cc1ccccc1)CS(=O)(=O)N(C)CCN1CCOCC1)C(=O)N[C@@H](CC1CCCCC1)C(O)[C@@H](O)CC(C)C. The molecule has 5 atom stereocenters. The molecule has 1 aromatic carbocycles. The molecular formula is C37H60N4O7S. The largest absolute Gasteiger partial charge is 0.390 e. The molecule has 1 saturated heterocycles. The van der Waals surface area contributed by atoms with Gasteiger partial charge >= 0.3 is 0 Å². The van der Waals surface area contributed by atoms with E-state index in [1.54, 1.807) is 0 Å². The van der Waals surface area contributed by atoms with Crippen LogP contribution in [0.5, 0.6) is 0 Å². The van der Waals surface area contributed by atoms with Crippen molar-refractivity contribution in [3.8, 4) is 12.3 Å². The van der Waals surface area contributed by atoms with E-state index in [9.17, 15) is 28.2 Å². The monoisotopic (exact) mass is 704 g/mol. The van der Waals surface area contributed by atoms with E-state index < -0.39 is 57.8 Å². The third-order valence-electron chi connectivity index (χ3n) is 9.79. The molecule has 2 unspecified atom stereocenters. The lowest BCUT2D eigenvalue weighted by atomic mass is 9.82. The second kappa shape index (κ2) is 21.0. The predicted octanol–water partition coefficient (Wildman–Crippen LogP) is 2.56. The zero-order valence-electron chi connectivity index (χ0n) is 29.8. The Bertz CT molecular complexity index is 1280. The smallest absolute Gasteiger partial charge is 0.242 e. The Morgan fingerprint density at radius 1 is 1.06 bits per heavy atom. The number of rotatable bonds is 20. The Labute approximate surface area is 294 Å². The van der Waals surface area contributed by atoms with Crippen LogP contribution in [0.15, 0.2) is 30.3 Å². The average molecular weight is 705 g/mol. The summed E-state index contributed by atoms with van der Waals surface area (Å²) in [7, 11) is -2.31. The number of amides is 2. The molecule has 276 valence electrons.